The molecule has 36 heavy (non-hydrogen) atoms. The Morgan fingerprint density at radius 1 is 0.944 bits per heavy atom. The topological polar surface area (TPSA) is 94.4 Å². The van der Waals surface area contributed by atoms with Gasteiger partial charge in [0.25, 0.3) is 11.6 Å². The van der Waals surface area contributed by atoms with Gasteiger partial charge in [-0.2, -0.15) is 0 Å². The van der Waals surface area contributed by atoms with E-state index in [0.717, 1.165) is 42.3 Å². The second-order valence-electron chi connectivity index (χ2n) is 8.61. The Morgan fingerprint density at radius 2 is 1.67 bits per heavy atom. The van der Waals surface area contributed by atoms with Gasteiger partial charge in [-0.15, -0.1) is 0 Å². The highest BCUT2D eigenvalue weighted by Gasteiger charge is 2.23. The lowest BCUT2D eigenvalue weighted by molar-refractivity contribution is -0.384. The number of nitro groups is 1. The molecule has 3 aromatic rings. The summed E-state index contributed by atoms with van der Waals surface area (Å²) < 4.78 is 16.5. The fourth-order valence-corrected chi connectivity index (χ4v) is 4.44. The second-order valence-corrected chi connectivity index (χ2v) is 9.02. The molecule has 10 heteroatoms. The van der Waals surface area contributed by atoms with E-state index in [-0.39, 0.29) is 30.0 Å². The van der Waals surface area contributed by atoms with Crippen LogP contribution in [0.4, 0.5) is 5.69 Å². The number of carbonyl (C=O) groups is 1. The third-order valence-electron chi connectivity index (χ3n) is 6.22. The van der Waals surface area contributed by atoms with Gasteiger partial charge >= 0.3 is 0 Å². The lowest BCUT2D eigenvalue weighted by atomic mass is 10.1. The number of benzene rings is 3. The first-order valence-corrected chi connectivity index (χ1v) is 11.9. The Kier molecular flexibility index (Phi) is 6.92. The number of ether oxygens (including phenoxy) is 3. The van der Waals surface area contributed by atoms with Gasteiger partial charge < -0.3 is 19.1 Å². The third kappa shape index (κ3) is 5.37. The van der Waals surface area contributed by atoms with Gasteiger partial charge in [-0.05, 0) is 41.5 Å². The van der Waals surface area contributed by atoms with Crippen LogP contribution in [0.1, 0.15) is 21.5 Å². The van der Waals surface area contributed by atoms with E-state index >= 15 is 0 Å². The molecule has 9 nitrogen and oxygen atoms in total. The van der Waals surface area contributed by atoms with Crippen LogP contribution in [0.2, 0.25) is 5.02 Å². The molecule has 1 amide bonds. The molecule has 0 saturated carbocycles. The molecule has 0 N–H and O–H groups in total. The molecule has 0 atom stereocenters. The zero-order valence-electron chi connectivity index (χ0n) is 19.4. The summed E-state index contributed by atoms with van der Waals surface area (Å²) in [6.07, 6.45) is 0. The predicted octanol–water partition coefficient (Wildman–Crippen LogP) is 4.51. The Morgan fingerprint density at radius 3 is 2.39 bits per heavy atom. The first-order valence-electron chi connectivity index (χ1n) is 11.5. The Balaban J connectivity index is 1.11. The predicted molar refractivity (Wildman–Crippen MR) is 133 cm³/mol. The van der Waals surface area contributed by atoms with Crippen molar-refractivity contribution in [2.75, 3.05) is 33.0 Å². The molecule has 2 aliphatic heterocycles. The smallest absolute Gasteiger partial charge is 0.271 e. The van der Waals surface area contributed by atoms with Gasteiger partial charge in [-0.1, -0.05) is 29.8 Å². The monoisotopic (exact) mass is 509 g/mol. The number of carbonyl (C=O) groups excluding carboxylic acids is 1. The highest BCUT2D eigenvalue weighted by molar-refractivity contribution is 6.32. The van der Waals surface area contributed by atoms with E-state index in [1.165, 1.54) is 18.2 Å². The maximum atomic E-state index is 13.0. The number of piperazine rings is 1. The minimum atomic E-state index is -0.509. The summed E-state index contributed by atoms with van der Waals surface area (Å²) in [4.78, 5) is 27.5. The van der Waals surface area contributed by atoms with Gasteiger partial charge in [0.1, 0.15) is 12.4 Å². The van der Waals surface area contributed by atoms with Gasteiger partial charge in [-0.3, -0.25) is 19.8 Å². The van der Waals surface area contributed by atoms with Gasteiger partial charge in [0, 0.05) is 50.4 Å². The van der Waals surface area contributed by atoms with Crippen LogP contribution in [0.25, 0.3) is 0 Å². The average Bonchev–Trinajstić information content (AvgIpc) is 3.36. The van der Waals surface area contributed by atoms with Crippen LogP contribution in [0.3, 0.4) is 0 Å². The van der Waals surface area contributed by atoms with Crippen LogP contribution < -0.4 is 14.2 Å². The Hall–Kier alpha value is -3.82. The number of rotatable bonds is 7. The van der Waals surface area contributed by atoms with Crippen LogP contribution in [-0.4, -0.2) is 53.6 Å². The SMILES string of the molecule is O=C(c1ccc(COc2ccc([N+](=O)[O-])cc2Cl)cc1)N1CCN(Cc2ccc3c(c2)OCO3)CC1. The standard InChI is InChI=1S/C26H24ClN3O6/c27-22-14-21(30(32)33)6-8-23(22)34-16-18-1-4-20(5-2-18)26(31)29-11-9-28(10-12-29)15-19-3-7-24-25(13-19)36-17-35-24/h1-8,13-14H,9-12,15-17H2. The number of non-ortho nitro benzene ring substituents is 1. The maximum absolute atomic E-state index is 13.0. The lowest BCUT2D eigenvalue weighted by Gasteiger charge is -2.34. The molecule has 0 radical (unpaired) electrons. The summed E-state index contributed by atoms with van der Waals surface area (Å²) in [6, 6.07) is 17.3. The highest BCUT2D eigenvalue weighted by atomic mass is 35.5. The van der Waals surface area contributed by atoms with E-state index in [4.69, 9.17) is 25.8 Å². The van der Waals surface area contributed by atoms with E-state index in [9.17, 15) is 14.9 Å². The molecule has 0 aromatic heterocycles. The molecule has 2 aliphatic rings. The van der Waals surface area contributed by atoms with Crippen molar-refractivity contribution < 1.29 is 23.9 Å². The number of fused-ring (bicyclic) bond motifs is 1. The molecule has 0 unspecified atom stereocenters. The zero-order valence-corrected chi connectivity index (χ0v) is 20.1. The molecule has 2 heterocycles. The number of hydrogen-bond acceptors (Lipinski definition) is 7. The van der Waals surface area contributed by atoms with E-state index in [1.54, 1.807) is 12.1 Å². The van der Waals surface area contributed by atoms with Crippen molar-refractivity contribution in [2.45, 2.75) is 13.2 Å². The summed E-state index contributed by atoms with van der Waals surface area (Å²) in [5.74, 6) is 1.93. The molecule has 0 spiro atoms. The molecular weight excluding hydrogens is 486 g/mol. The van der Waals surface area contributed by atoms with Crippen molar-refractivity contribution in [2.24, 2.45) is 0 Å². The Labute approximate surface area is 212 Å². The molecule has 3 aromatic carbocycles. The number of hydrogen-bond donors (Lipinski definition) is 0. The number of halogens is 1. The third-order valence-corrected chi connectivity index (χ3v) is 6.52. The van der Waals surface area contributed by atoms with Gasteiger partial charge in [0.15, 0.2) is 11.5 Å². The zero-order chi connectivity index (χ0) is 25.1. The number of nitro benzene ring substituents is 1. The van der Waals surface area contributed by atoms with E-state index in [2.05, 4.69) is 4.90 Å². The Bertz CT molecular complexity index is 1280. The normalized spacial score (nSPS) is 15.1. The highest BCUT2D eigenvalue weighted by Crippen LogP contribution is 2.33. The largest absolute Gasteiger partial charge is 0.487 e. The summed E-state index contributed by atoms with van der Waals surface area (Å²) >= 11 is 6.08. The number of nitrogens with zero attached hydrogens (tertiary/aromatic N) is 3. The lowest BCUT2D eigenvalue weighted by Crippen LogP contribution is -2.48. The molecule has 186 valence electrons. The summed E-state index contributed by atoms with van der Waals surface area (Å²) in [6.45, 7) is 4.20. The quantitative estimate of drug-likeness (QED) is 0.341. The second kappa shape index (κ2) is 10.4. The van der Waals surface area contributed by atoms with Crippen molar-refractivity contribution >= 4 is 23.2 Å². The van der Waals surface area contributed by atoms with Crippen LogP contribution >= 0.6 is 11.6 Å². The fourth-order valence-electron chi connectivity index (χ4n) is 4.21. The van der Waals surface area contributed by atoms with Crippen molar-refractivity contribution in [1.29, 1.82) is 0 Å². The minimum absolute atomic E-state index is 0.00334. The molecule has 0 aliphatic carbocycles. The summed E-state index contributed by atoms with van der Waals surface area (Å²) in [5, 5.41) is 11.0. The van der Waals surface area contributed by atoms with Crippen molar-refractivity contribution in [1.82, 2.24) is 9.80 Å². The first-order chi connectivity index (χ1) is 17.5. The summed E-state index contributed by atoms with van der Waals surface area (Å²) in [5.41, 5.74) is 2.54. The minimum Gasteiger partial charge on any atom is -0.487 e. The maximum Gasteiger partial charge on any atom is 0.271 e. The van der Waals surface area contributed by atoms with E-state index < -0.39 is 4.92 Å². The van der Waals surface area contributed by atoms with Crippen molar-refractivity contribution in [3.63, 3.8) is 0 Å². The van der Waals surface area contributed by atoms with Gasteiger partial charge in [-0.25, -0.2) is 0 Å². The van der Waals surface area contributed by atoms with E-state index in [1.807, 2.05) is 35.2 Å². The van der Waals surface area contributed by atoms with Crippen LogP contribution in [0, 0.1) is 10.1 Å². The average molecular weight is 510 g/mol. The van der Waals surface area contributed by atoms with Crippen LogP contribution in [0.5, 0.6) is 17.2 Å². The molecule has 5 rings (SSSR count). The fraction of sp³-hybridized carbons (Fsp3) is 0.269. The van der Waals surface area contributed by atoms with Crippen LogP contribution in [-0.2, 0) is 13.2 Å². The van der Waals surface area contributed by atoms with Crippen molar-refractivity contribution in [3.05, 3.63) is 92.5 Å². The first kappa shape index (κ1) is 23.9. The molecule has 1 saturated heterocycles. The molecular formula is C26H24ClN3O6. The van der Waals surface area contributed by atoms with Crippen molar-refractivity contribution in [3.8, 4) is 17.2 Å². The molecule has 1 fully saturated rings. The molecule has 0 bridgehead atoms. The summed E-state index contributed by atoms with van der Waals surface area (Å²) in [7, 11) is 0. The number of amides is 1. The van der Waals surface area contributed by atoms with Gasteiger partial charge in [0.05, 0.1) is 9.95 Å². The van der Waals surface area contributed by atoms with Gasteiger partial charge in [0.2, 0.25) is 6.79 Å². The van der Waals surface area contributed by atoms with E-state index in [0.29, 0.717) is 24.4 Å². The van der Waals surface area contributed by atoms with Crippen LogP contribution in [0.15, 0.2) is 60.7 Å².